The Balaban J connectivity index is 2.15. The van der Waals surface area contributed by atoms with E-state index in [-0.39, 0.29) is 5.78 Å². The van der Waals surface area contributed by atoms with Crippen molar-refractivity contribution >= 4 is 39.2 Å². The van der Waals surface area contributed by atoms with E-state index in [9.17, 15) is 4.79 Å². The highest BCUT2D eigenvalue weighted by Crippen LogP contribution is 2.34. The average Bonchev–Trinajstić information content (AvgIpc) is 3.00. The Morgan fingerprint density at radius 3 is 2.57 bits per heavy atom. The molecule has 112 valence electrons. The molecule has 1 N–H and O–H groups in total. The number of carbonyl (C=O) groups is 1. The molecule has 2 heterocycles. The van der Waals surface area contributed by atoms with Crippen LogP contribution in [0.3, 0.4) is 0 Å². The highest BCUT2D eigenvalue weighted by molar-refractivity contribution is 6.30. The second-order valence-corrected chi connectivity index (χ2v) is 5.93. The topological polar surface area (TPSA) is 45.8 Å². The van der Waals surface area contributed by atoms with Crippen LogP contribution in [0.4, 0.5) is 0 Å². The maximum Gasteiger partial charge on any atom is 0.161 e. The number of rotatable bonds is 2. The zero-order valence-electron chi connectivity index (χ0n) is 12.4. The summed E-state index contributed by atoms with van der Waals surface area (Å²) < 4.78 is 0. The summed E-state index contributed by atoms with van der Waals surface area (Å²) >= 11 is 5.99. The fourth-order valence-electron chi connectivity index (χ4n) is 2.94. The van der Waals surface area contributed by atoms with E-state index in [0.717, 1.165) is 33.1 Å². The van der Waals surface area contributed by atoms with Crippen LogP contribution in [-0.4, -0.2) is 15.8 Å². The quantitative estimate of drug-likeness (QED) is 0.513. The number of halogens is 1. The molecular weight excluding hydrogens is 308 g/mol. The van der Waals surface area contributed by atoms with E-state index >= 15 is 0 Å². The van der Waals surface area contributed by atoms with Crippen LogP contribution < -0.4 is 0 Å². The van der Waals surface area contributed by atoms with Crippen LogP contribution in [0.2, 0.25) is 5.02 Å². The van der Waals surface area contributed by atoms with Gasteiger partial charge in [0.2, 0.25) is 0 Å². The molecule has 0 atom stereocenters. The van der Waals surface area contributed by atoms with E-state index in [1.165, 1.54) is 0 Å². The van der Waals surface area contributed by atoms with E-state index in [2.05, 4.69) is 4.98 Å². The Labute approximate surface area is 137 Å². The second kappa shape index (κ2) is 5.21. The maximum absolute atomic E-state index is 12.0. The summed E-state index contributed by atoms with van der Waals surface area (Å²) in [5.74, 6) is 0.0367. The van der Waals surface area contributed by atoms with Crippen molar-refractivity contribution in [1.29, 1.82) is 0 Å². The van der Waals surface area contributed by atoms with Gasteiger partial charge in [-0.05, 0) is 25.1 Å². The molecule has 0 fully saturated rings. The minimum absolute atomic E-state index is 0.0367. The molecule has 0 aliphatic heterocycles. The van der Waals surface area contributed by atoms with Gasteiger partial charge in [0.15, 0.2) is 5.78 Å². The molecule has 0 aliphatic rings. The minimum atomic E-state index is 0.0367. The number of fused-ring (bicyclic) bond motifs is 3. The number of aromatic amines is 1. The van der Waals surface area contributed by atoms with Crippen LogP contribution in [0.15, 0.2) is 54.7 Å². The van der Waals surface area contributed by atoms with Gasteiger partial charge in [0.1, 0.15) is 0 Å². The molecule has 0 amide bonds. The molecule has 4 rings (SSSR count). The number of hydrogen-bond acceptors (Lipinski definition) is 2. The average molecular weight is 321 g/mol. The summed E-state index contributed by atoms with van der Waals surface area (Å²) in [5, 5.41) is 2.58. The molecule has 0 bridgehead atoms. The van der Waals surface area contributed by atoms with E-state index < -0.39 is 0 Å². The van der Waals surface area contributed by atoms with Gasteiger partial charge in [-0.1, -0.05) is 41.9 Å². The number of benzene rings is 2. The molecule has 0 radical (unpaired) electrons. The van der Waals surface area contributed by atoms with Crippen molar-refractivity contribution in [1.82, 2.24) is 9.97 Å². The predicted molar refractivity (Wildman–Crippen MR) is 94.1 cm³/mol. The van der Waals surface area contributed by atoms with E-state index in [1.54, 1.807) is 13.1 Å². The molecule has 0 saturated carbocycles. The molecule has 2 aromatic carbocycles. The zero-order valence-corrected chi connectivity index (χ0v) is 13.2. The Kier molecular flexibility index (Phi) is 3.17. The fraction of sp³-hybridized carbons (Fsp3) is 0.0526. The normalized spacial score (nSPS) is 11.2. The summed E-state index contributed by atoms with van der Waals surface area (Å²) in [4.78, 5) is 20.0. The molecule has 0 spiro atoms. The lowest BCUT2D eigenvalue weighted by molar-refractivity contribution is 0.101. The van der Waals surface area contributed by atoms with Gasteiger partial charge in [0, 0.05) is 33.1 Å². The summed E-state index contributed by atoms with van der Waals surface area (Å²) in [6.45, 7) is 1.58. The Morgan fingerprint density at radius 1 is 1.09 bits per heavy atom. The van der Waals surface area contributed by atoms with Crippen molar-refractivity contribution in [2.75, 3.05) is 0 Å². The molecule has 4 aromatic rings. The largest absolute Gasteiger partial charge is 0.359 e. The minimum Gasteiger partial charge on any atom is -0.359 e. The van der Waals surface area contributed by atoms with Crippen LogP contribution in [0.1, 0.15) is 17.3 Å². The van der Waals surface area contributed by atoms with Gasteiger partial charge >= 0.3 is 0 Å². The third kappa shape index (κ3) is 2.21. The second-order valence-electron chi connectivity index (χ2n) is 5.49. The Bertz CT molecular complexity index is 1050. The molecule has 2 aromatic heterocycles. The molecule has 0 unspecified atom stereocenters. The number of para-hydroxylation sites is 1. The smallest absolute Gasteiger partial charge is 0.161 e. The van der Waals surface area contributed by atoms with Crippen LogP contribution in [0.5, 0.6) is 0 Å². The molecular formula is C19H13ClN2O. The standard InChI is InChI=1S/C19H13ClN2O/c1-11(23)15-10-21-19-17(15)14-4-2-3-5-16(14)22-18(19)12-6-8-13(20)9-7-12/h2-10,21H,1H3. The number of ketones is 1. The van der Waals surface area contributed by atoms with Crippen molar-refractivity contribution in [2.45, 2.75) is 6.92 Å². The van der Waals surface area contributed by atoms with Gasteiger partial charge < -0.3 is 4.98 Å². The number of carbonyl (C=O) groups excluding carboxylic acids is 1. The molecule has 0 aliphatic carbocycles. The van der Waals surface area contributed by atoms with Crippen molar-refractivity contribution in [3.63, 3.8) is 0 Å². The Morgan fingerprint density at radius 2 is 1.83 bits per heavy atom. The first-order valence-corrected chi connectivity index (χ1v) is 7.69. The summed E-state index contributed by atoms with van der Waals surface area (Å²) in [6, 6.07) is 15.4. The first-order valence-electron chi connectivity index (χ1n) is 7.32. The first-order chi connectivity index (χ1) is 11.1. The van der Waals surface area contributed by atoms with Crippen molar-refractivity contribution in [3.8, 4) is 11.3 Å². The van der Waals surface area contributed by atoms with Crippen LogP contribution >= 0.6 is 11.6 Å². The van der Waals surface area contributed by atoms with E-state index in [1.807, 2.05) is 48.5 Å². The van der Waals surface area contributed by atoms with Crippen molar-refractivity contribution in [3.05, 3.63) is 65.3 Å². The highest BCUT2D eigenvalue weighted by Gasteiger charge is 2.16. The third-order valence-corrected chi connectivity index (χ3v) is 4.27. The third-order valence-electron chi connectivity index (χ3n) is 4.02. The highest BCUT2D eigenvalue weighted by atomic mass is 35.5. The number of aromatic nitrogens is 2. The van der Waals surface area contributed by atoms with Gasteiger partial charge in [-0.3, -0.25) is 4.79 Å². The lowest BCUT2D eigenvalue weighted by Crippen LogP contribution is -1.92. The lowest BCUT2D eigenvalue weighted by atomic mass is 10.0. The first kappa shape index (κ1) is 14.0. The van der Waals surface area contributed by atoms with Crippen LogP contribution in [0, 0.1) is 0 Å². The van der Waals surface area contributed by atoms with Crippen molar-refractivity contribution in [2.24, 2.45) is 0 Å². The monoisotopic (exact) mass is 320 g/mol. The van der Waals surface area contributed by atoms with Gasteiger partial charge in [0.25, 0.3) is 0 Å². The molecule has 4 heteroatoms. The molecule has 0 saturated heterocycles. The predicted octanol–water partition coefficient (Wildman–Crippen LogP) is 5.24. The maximum atomic E-state index is 12.0. The number of pyridine rings is 1. The molecule has 23 heavy (non-hydrogen) atoms. The number of nitrogens with zero attached hydrogens (tertiary/aromatic N) is 1. The zero-order chi connectivity index (χ0) is 16.0. The summed E-state index contributed by atoms with van der Waals surface area (Å²) in [5.41, 5.74) is 4.21. The van der Waals surface area contributed by atoms with E-state index in [0.29, 0.717) is 10.6 Å². The summed E-state index contributed by atoms with van der Waals surface area (Å²) in [7, 11) is 0. The van der Waals surface area contributed by atoms with Gasteiger partial charge in [-0.15, -0.1) is 0 Å². The number of hydrogen-bond donors (Lipinski definition) is 1. The summed E-state index contributed by atoms with van der Waals surface area (Å²) in [6.07, 6.45) is 1.76. The number of Topliss-reactive ketones (excluding diaryl/α,β-unsaturated/α-hetero) is 1. The van der Waals surface area contributed by atoms with Gasteiger partial charge in [-0.2, -0.15) is 0 Å². The van der Waals surface area contributed by atoms with Crippen LogP contribution in [-0.2, 0) is 0 Å². The van der Waals surface area contributed by atoms with Crippen molar-refractivity contribution < 1.29 is 4.79 Å². The van der Waals surface area contributed by atoms with Gasteiger partial charge in [0.05, 0.1) is 16.7 Å². The Hall–Kier alpha value is -2.65. The van der Waals surface area contributed by atoms with Crippen LogP contribution in [0.25, 0.3) is 33.1 Å². The fourth-order valence-corrected chi connectivity index (χ4v) is 3.07. The number of nitrogens with one attached hydrogen (secondary N) is 1. The lowest BCUT2D eigenvalue weighted by Gasteiger charge is -2.08. The van der Waals surface area contributed by atoms with E-state index in [4.69, 9.17) is 16.6 Å². The molecule has 3 nitrogen and oxygen atoms in total. The SMILES string of the molecule is CC(=O)c1c[nH]c2c(-c3ccc(Cl)cc3)nc3ccccc3c12. The van der Waals surface area contributed by atoms with Gasteiger partial charge in [-0.25, -0.2) is 4.98 Å². The number of H-pyrrole nitrogens is 1.